The third-order valence-corrected chi connectivity index (χ3v) is 6.02. The normalized spacial score (nSPS) is 25.2. The van der Waals surface area contributed by atoms with Gasteiger partial charge in [-0.25, -0.2) is 4.68 Å². The number of piperazine rings is 1. The Bertz CT molecular complexity index is 990. The predicted octanol–water partition coefficient (Wildman–Crippen LogP) is -0.821. The van der Waals surface area contributed by atoms with Crippen LogP contribution in [0.15, 0.2) is 35.3 Å². The third kappa shape index (κ3) is 3.75. The van der Waals surface area contributed by atoms with Gasteiger partial charge in [0.05, 0.1) is 30.3 Å². The Labute approximate surface area is 167 Å². The van der Waals surface area contributed by atoms with Crippen LogP contribution in [0.4, 0.5) is 0 Å². The third-order valence-electron chi connectivity index (χ3n) is 6.02. The van der Waals surface area contributed by atoms with Gasteiger partial charge in [0.2, 0.25) is 11.8 Å². The van der Waals surface area contributed by atoms with Crippen molar-refractivity contribution < 1.29 is 14.7 Å². The van der Waals surface area contributed by atoms with Crippen molar-refractivity contribution in [3.8, 4) is 0 Å². The molecule has 2 amide bonds. The zero-order valence-electron chi connectivity index (χ0n) is 16.3. The molecule has 1 saturated carbocycles. The minimum Gasteiger partial charge on any atom is -0.389 e. The summed E-state index contributed by atoms with van der Waals surface area (Å²) in [7, 11) is 1.65. The Morgan fingerprint density at radius 2 is 2.10 bits per heavy atom. The lowest BCUT2D eigenvalue weighted by atomic mass is 10.1. The van der Waals surface area contributed by atoms with E-state index in [1.54, 1.807) is 31.4 Å². The summed E-state index contributed by atoms with van der Waals surface area (Å²) in [6.07, 6.45) is 2.19. The highest BCUT2D eigenvalue weighted by molar-refractivity contribution is 5.81. The first-order valence-corrected chi connectivity index (χ1v) is 9.85. The zero-order chi connectivity index (χ0) is 20.5. The highest BCUT2D eigenvalue weighted by atomic mass is 16.3. The van der Waals surface area contributed by atoms with E-state index in [1.165, 1.54) is 4.90 Å². The lowest BCUT2D eigenvalue weighted by Gasteiger charge is -2.35. The van der Waals surface area contributed by atoms with Crippen LogP contribution in [0.25, 0.3) is 10.8 Å². The van der Waals surface area contributed by atoms with Gasteiger partial charge in [0.25, 0.3) is 5.56 Å². The van der Waals surface area contributed by atoms with Crippen molar-refractivity contribution in [2.75, 3.05) is 26.7 Å². The Morgan fingerprint density at radius 3 is 2.90 bits per heavy atom. The summed E-state index contributed by atoms with van der Waals surface area (Å²) in [5, 5.41) is 19.0. The van der Waals surface area contributed by atoms with Crippen molar-refractivity contribution in [1.82, 2.24) is 24.9 Å². The molecule has 3 atom stereocenters. The standard InChI is InChI=1S/C20H25N5O4/c1-23(15-6-7-16(19(15)28)24-9-8-21-17(26)11-24)18(27)12-25-20(29)14-5-3-2-4-13(14)10-22-25/h2-5,10,15-16,19,28H,6-9,11-12H2,1H3,(H,21,26)/t15-,16-,19-/m1/s1. The molecule has 0 radical (unpaired) electrons. The molecular formula is C20H25N5O4. The second-order valence-electron chi connectivity index (χ2n) is 7.72. The summed E-state index contributed by atoms with van der Waals surface area (Å²) >= 11 is 0. The molecule has 1 aliphatic heterocycles. The van der Waals surface area contributed by atoms with Crippen molar-refractivity contribution in [3.63, 3.8) is 0 Å². The van der Waals surface area contributed by atoms with Gasteiger partial charge in [0.15, 0.2) is 0 Å². The summed E-state index contributed by atoms with van der Waals surface area (Å²) in [6.45, 7) is 1.34. The number of benzene rings is 1. The number of hydrogen-bond acceptors (Lipinski definition) is 6. The number of aromatic nitrogens is 2. The lowest BCUT2D eigenvalue weighted by molar-refractivity contribution is -0.135. The molecule has 4 rings (SSSR count). The van der Waals surface area contributed by atoms with Gasteiger partial charge in [0.1, 0.15) is 6.54 Å². The molecule has 0 bridgehead atoms. The molecule has 2 fully saturated rings. The number of carbonyl (C=O) groups is 2. The largest absolute Gasteiger partial charge is 0.389 e. The number of amides is 2. The minimum absolute atomic E-state index is 0.0434. The van der Waals surface area contributed by atoms with Crippen LogP contribution in [0, 0.1) is 0 Å². The van der Waals surface area contributed by atoms with Crippen molar-refractivity contribution in [2.24, 2.45) is 0 Å². The lowest BCUT2D eigenvalue weighted by Crippen LogP contribution is -2.56. The van der Waals surface area contributed by atoms with Crippen molar-refractivity contribution >= 4 is 22.6 Å². The molecule has 1 aliphatic carbocycles. The monoisotopic (exact) mass is 399 g/mol. The summed E-state index contributed by atoms with van der Waals surface area (Å²) in [4.78, 5) is 40.5. The summed E-state index contributed by atoms with van der Waals surface area (Å²) in [6, 6.07) is 6.62. The molecule has 9 nitrogen and oxygen atoms in total. The summed E-state index contributed by atoms with van der Waals surface area (Å²) < 4.78 is 1.16. The molecule has 1 saturated heterocycles. The fourth-order valence-corrected chi connectivity index (χ4v) is 4.37. The topological polar surface area (TPSA) is 108 Å². The van der Waals surface area contributed by atoms with Crippen LogP contribution in [0.1, 0.15) is 12.8 Å². The van der Waals surface area contributed by atoms with Gasteiger partial charge in [-0.3, -0.25) is 19.3 Å². The van der Waals surface area contributed by atoms with Crippen molar-refractivity contribution in [1.29, 1.82) is 0 Å². The van der Waals surface area contributed by atoms with E-state index in [-0.39, 0.29) is 42.5 Å². The van der Waals surface area contributed by atoms with E-state index in [0.29, 0.717) is 31.3 Å². The van der Waals surface area contributed by atoms with Crippen LogP contribution in [-0.2, 0) is 16.1 Å². The van der Waals surface area contributed by atoms with E-state index in [1.807, 2.05) is 11.0 Å². The summed E-state index contributed by atoms with van der Waals surface area (Å²) in [5.74, 6) is -0.325. The highest BCUT2D eigenvalue weighted by Gasteiger charge is 2.42. The van der Waals surface area contributed by atoms with Crippen LogP contribution in [0.3, 0.4) is 0 Å². The molecular weight excluding hydrogens is 374 g/mol. The number of carbonyl (C=O) groups excluding carboxylic acids is 2. The van der Waals surface area contributed by atoms with Gasteiger partial charge in [-0.05, 0) is 18.9 Å². The fraction of sp³-hybridized carbons (Fsp3) is 0.500. The quantitative estimate of drug-likeness (QED) is 0.696. The van der Waals surface area contributed by atoms with Crippen LogP contribution >= 0.6 is 0 Å². The first-order chi connectivity index (χ1) is 14.0. The summed E-state index contributed by atoms with van der Waals surface area (Å²) in [5.41, 5.74) is -0.311. The highest BCUT2D eigenvalue weighted by Crippen LogP contribution is 2.28. The molecule has 2 aromatic rings. The van der Waals surface area contributed by atoms with Gasteiger partial charge in [-0.1, -0.05) is 18.2 Å². The SMILES string of the molecule is CN(C(=O)Cn1ncc2ccccc2c1=O)[C@@H]1CC[C@@H](N2CCNC(=O)C2)[C@@H]1O. The Kier molecular flexibility index (Phi) is 5.33. The van der Waals surface area contributed by atoms with E-state index >= 15 is 0 Å². The van der Waals surface area contributed by atoms with E-state index in [2.05, 4.69) is 10.4 Å². The maximum atomic E-state index is 12.8. The predicted molar refractivity (Wildman–Crippen MR) is 106 cm³/mol. The van der Waals surface area contributed by atoms with Crippen LogP contribution in [0.2, 0.25) is 0 Å². The molecule has 29 heavy (non-hydrogen) atoms. The van der Waals surface area contributed by atoms with E-state index in [0.717, 1.165) is 10.1 Å². The number of rotatable bonds is 4. The van der Waals surface area contributed by atoms with E-state index < -0.39 is 6.10 Å². The van der Waals surface area contributed by atoms with Crippen molar-refractivity contribution in [2.45, 2.75) is 37.6 Å². The Hall–Kier alpha value is -2.78. The molecule has 154 valence electrons. The molecule has 2 aliphatic rings. The number of aliphatic hydroxyl groups is 1. The minimum atomic E-state index is -0.740. The number of likely N-dealkylation sites (N-methyl/N-ethyl adjacent to an activating group) is 1. The maximum Gasteiger partial charge on any atom is 0.275 e. The average Bonchev–Trinajstić information content (AvgIpc) is 3.11. The zero-order valence-corrected chi connectivity index (χ0v) is 16.3. The smallest absolute Gasteiger partial charge is 0.275 e. The fourth-order valence-electron chi connectivity index (χ4n) is 4.37. The van der Waals surface area contributed by atoms with Crippen molar-refractivity contribution in [3.05, 3.63) is 40.8 Å². The molecule has 0 unspecified atom stereocenters. The number of aliphatic hydroxyl groups excluding tert-OH is 1. The van der Waals surface area contributed by atoms with Gasteiger partial charge >= 0.3 is 0 Å². The van der Waals surface area contributed by atoms with Gasteiger partial charge in [0, 0.05) is 31.6 Å². The van der Waals surface area contributed by atoms with Gasteiger partial charge in [-0.15, -0.1) is 0 Å². The maximum absolute atomic E-state index is 12.8. The number of fused-ring (bicyclic) bond motifs is 1. The first-order valence-electron chi connectivity index (χ1n) is 9.85. The van der Waals surface area contributed by atoms with Crippen LogP contribution < -0.4 is 10.9 Å². The second kappa shape index (κ2) is 7.92. The van der Waals surface area contributed by atoms with Gasteiger partial charge < -0.3 is 15.3 Å². The molecule has 9 heteroatoms. The second-order valence-corrected chi connectivity index (χ2v) is 7.72. The van der Waals surface area contributed by atoms with E-state index in [9.17, 15) is 19.5 Å². The average molecular weight is 399 g/mol. The van der Waals surface area contributed by atoms with Gasteiger partial charge in [-0.2, -0.15) is 5.10 Å². The molecule has 2 heterocycles. The van der Waals surface area contributed by atoms with Crippen LogP contribution in [0.5, 0.6) is 0 Å². The van der Waals surface area contributed by atoms with Crippen LogP contribution in [-0.4, -0.2) is 81.4 Å². The molecule has 2 N–H and O–H groups in total. The number of nitrogens with zero attached hydrogens (tertiary/aromatic N) is 4. The first kappa shape index (κ1) is 19.5. The number of hydrogen-bond donors (Lipinski definition) is 2. The molecule has 1 aromatic heterocycles. The Balaban J connectivity index is 1.45. The van der Waals surface area contributed by atoms with E-state index in [4.69, 9.17) is 0 Å². The Morgan fingerprint density at radius 1 is 1.31 bits per heavy atom. The molecule has 0 spiro atoms. The molecule has 1 aromatic carbocycles. The number of nitrogens with one attached hydrogen (secondary N) is 1.